The van der Waals surface area contributed by atoms with E-state index in [-0.39, 0.29) is 24.0 Å². The second kappa shape index (κ2) is 8.82. The molecule has 2 N–H and O–H groups in total. The summed E-state index contributed by atoms with van der Waals surface area (Å²) < 4.78 is 18.8. The number of rotatable bonds is 6. The van der Waals surface area contributed by atoms with Gasteiger partial charge in [0.05, 0.1) is 0 Å². The van der Waals surface area contributed by atoms with Crippen LogP contribution in [-0.2, 0) is 9.59 Å². The highest BCUT2D eigenvalue weighted by molar-refractivity contribution is 5.84. The fraction of sp³-hybridized carbons (Fsp3) is 0.263. The van der Waals surface area contributed by atoms with Gasteiger partial charge in [0.15, 0.2) is 17.7 Å². The average Bonchev–Trinajstić information content (AvgIpc) is 2.62. The van der Waals surface area contributed by atoms with Crippen molar-refractivity contribution in [2.24, 2.45) is 0 Å². The van der Waals surface area contributed by atoms with E-state index in [1.54, 1.807) is 6.07 Å². The van der Waals surface area contributed by atoms with Crippen LogP contribution >= 0.6 is 0 Å². The van der Waals surface area contributed by atoms with Crippen molar-refractivity contribution < 1.29 is 18.7 Å². The van der Waals surface area contributed by atoms with E-state index in [0.29, 0.717) is 0 Å². The molecule has 0 radical (unpaired) electrons. The summed E-state index contributed by atoms with van der Waals surface area (Å²) in [5.74, 6) is -1.44. The summed E-state index contributed by atoms with van der Waals surface area (Å²) in [4.78, 5) is 23.9. The van der Waals surface area contributed by atoms with Crippen LogP contribution in [0.4, 0.5) is 4.39 Å². The highest BCUT2D eigenvalue weighted by Gasteiger charge is 2.18. The van der Waals surface area contributed by atoms with Gasteiger partial charge in [-0.05, 0) is 30.5 Å². The Labute approximate surface area is 146 Å². The zero-order valence-corrected chi connectivity index (χ0v) is 14.2. The molecule has 5 nitrogen and oxygen atoms in total. The van der Waals surface area contributed by atoms with E-state index in [0.717, 1.165) is 5.56 Å². The average molecular weight is 344 g/mol. The summed E-state index contributed by atoms with van der Waals surface area (Å²) in [6, 6.07) is 15.4. The molecule has 0 saturated carbocycles. The van der Waals surface area contributed by atoms with E-state index >= 15 is 0 Å². The van der Waals surface area contributed by atoms with Crippen molar-refractivity contribution in [2.45, 2.75) is 32.3 Å². The highest BCUT2D eigenvalue weighted by Crippen LogP contribution is 2.18. The lowest BCUT2D eigenvalue weighted by Crippen LogP contribution is -2.47. The number of carbonyl (C=O) groups is 2. The van der Waals surface area contributed by atoms with Crippen LogP contribution in [0.25, 0.3) is 0 Å². The minimum atomic E-state index is -0.955. The number of halogens is 1. The van der Waals surface area contributed by atoms with Crippen LogP contribution in [0.3, 0.4) is 0 Å². The maximum Gasteiger partial charge on any atom is 0.279 e. The molecule has 0 unspecified atom stereocenters. The van der Waals surface area contributed by atoms with Crippen LogP contribution in [0.5, 0.6) is 5.75 Å². The first kappa shape index (κ1) is 18.4. The molecule has 0 aliphatic heterocycles. The first-order valence-electron chi connectivity index (χ1n) is 8.02. The Morgan fingerprint density at radius 2 is 1.64 bits per heavy atom. The van der Waals surface area contributed by atoms with E-state index in [1.807, 2.05) is 37.3 Å². The summed E-state index contributed by atoms with van der Waals surface area (Å²) in [5, 5.41) is 0. The quantitative estimate of drug-likeness (QED) is 0.792. The van der Waals surface area contributed by atoms with Crippen LogP contribution in [0.15, 0.2) is 54.6 Å². The van der Waals surface area contributed by atoms with Gasteiger partial charge in [0.25, 0.3) is 5.91 Å². The summed E-state index contributed by atoms with van der Waals surface area (Å²) >= 11 is 0. The molecular weight excluding hydrogens is 323 g/mol. The molecule has 0 bridgehead atoms. The molecule has 2 amide bonds. The summed E-state index contributed by atoms with van der Waals surface area (Å²) in [5.41, 5.74) is 5.69. The Morgan fingerprint density at radius 1 is 1.00 bits per heavy atom. The summed E-state index contributed by atoms with van der Waals surface area (Å²) in [7, 11) is 0. The van der Waals surface area contributed by atoms with E-state index < -0.39 is 17.8 Å². The molecule has 0 saturated heterocycles. The fourth-order valence-electron chi connectivity index (χ4n) is 2.25. The minimum Gasteiger partial charge on any atom is -0.478 e. The Hall–Kier alpha value is -2.89. The number of hydrogen-bond acceptors (Lipinski definition) is 3. The zero-order valence-electron chi connectivity index (χ0n) is 14.2. The Morgan fingerprint density at radius 3 is 2.32 bits per heavy atom. The van der Waals surface area contributed by atoms with Crippen molar-refractivity contribution >= 4 is 11.8 Å². The van der Waals surface area contributed by atoms with Crippen molar-refractivity contribution in [1.82, 2.24) is 10.9 Å². The number of carbonyl (C=O) groups excluding carboxylic acids is 2. The van der Waals surface area contributed by atoms with Crippen LogP contribution < -0.4 is 15.6 Å². The van der Waals surface area contributed by atoms with E-state index in [4.69, 9.17) is 4.74 Å². The number of hydrazine groups is 1. The van der Waals surface area contributed by atoms with E-state index in [2.05, 4.69) is 10.9 Å². The zero-order chi connectivity index (χ0) is 18.2. The van der Waals surface area contributed by atoms with E-state index in [9.17, 15) is 14.0 Å². The van der Waals surface area contributed by atoms with Crippen molar-refractivity contribution in [3.8, 4) is 5.75 Å². The molecule has 2 rings (SSSR count). The predicted octanol–water partition coefficient (Wildman–Crippen LogP) is 2.93. The van der Waals surface area contributed by atoms with Gasteiger partial charge in [-0.15, -0.1) is 0 Å². The van der Waals surface area contributed by atoms with Crippen molar-refractivity contribution in [1.29, 1.82) is 0 Å². The van der Waals surface area contributed by atoms with Crippen LogP contribution in [0, 0.1) is 5.82 Å². The number of amides is 2. The minimum absolute atomic E-state index is 0.0187. The molecule has 2 aromatic carbocycles. The molecule has 2 atom stereocenters. The molecule has 0 heterocycles. The van der Waals surface area contributed by atoms with Crippen molar-refractivity contribution in [2.75, 3.05) is 0 Å². The van der Waals surface area contributed by atoms with Crippen LogP contribution in [0.1, 0.15) is 31.7 Å². The topological polar surface area (TPSA) is 67.4 Å². The van der Waals surface area contributed by atoms with Gasteiger partial charge in [0.1, 0.15) is 0 Å². The van der Waals surface area contributed by atoms with Gasteiger partial charge in [-0.3, -0.25) is 20.4 Å². The molecule has 0 aliphatic carbocycles. The third-order valence-electron chi connectivity index (χ3n) is 3.69. The van der Waals surface area contributed by atoms with Gasteiger partial charge < -0.3 is 4.74 Å². The van der Waals surface area contributed by atoms with Crippen LogP contribution in [-0.4, -0.2) is 17.9 Å². The van der Waals surface area contributed by atoms with Gasteiger partial charge in [-0.1, -0.05) is 49.4 Å². The standard InChI is InChI=1S/C19H21FN2O3/c1-13(15-8-4-3-5-9-15)12-18(23)21-22-19(24)14(2)25-17-11-7-6-10-16(17)20/h3-11,13-14H,12H2,1-2H3,(H,21,23)(H,22,24)/t13-,14+/m0/s1. The highest BCUT2D eigenvalue weighted by atomic mass is 19.1. The lowest BCUT2D eigenvalue weighted by molar-refractivity contribution is -0.132. The van der Waals surface area contributed by atoms with Gasteiger partial charge in [0, 0.05) is 6.42 Å². The monoisotopic (exact) mass is 344 g/mol. The fourth-order valence-corrected chi connectivity index (χ4v) is 2.25. The molecular formula is C19H21FN2O3. The normalized spacial score (nSPS) is 12.8. The second-order valence-corrected chi connectivity index (χ2v) is 5.74. The van der Waals surface area contributed by atoms with E-state index in [1.165, 1.54) is 25.1 Å². The Balaban J connectivity index is 1.79. The molecule has 0 aliphatic rings. The number of nitrogens with one attached hydrogen (secondary N) is 2. The molecule has 25 heavy (non-hydrogen) atoms. The number of para-hydroxylation sites is 1. The summed E-state index contributed by atoms with van der Waals surface area (Å²) in [6.45, 7) is 3.40. The van der Waals surface area contributed by atoms with Crippen LogP contribution in [0.2, 0.25) is 0 Å². The third kappa shape index (κ3) is 5.60. The largest absolute Gasteiger partial charge is 0.478 e. The molecule has 132 valence electrons. The Bertz CT molecular complexity index is 722. The predicted molar refractivity (Wildman–Crippen MR) is 92.2 cm³/mol. The maximum absolute atomic E-state index is 13.5. The number of hydrogen-bond donors (Lipinski definition) is 2. The number of benzene rings is 2. The maximum atomic E-state index is 13.5. The summed E-state index contributed by atoms with van der Waals surface area (Å²) in [6.07, 6.45) is -0.726. The lowest BCUT2D eigenvalue weighted by Gasteiger charge is -2.16. The Kier molecular flexibility index (Phi) is 6.51. The molecule has 0 spiro atoms. The van der Waals surface area contributed by atoms with Crippen molar-refractivity contribution in [3.05, 3.63) is 66.0 Å². The van der Waals surface area contributed by atoms with Gasteiger partial charge >= 0.3 is 0 Å². The second-order valence-electron chi connectivity index (χ2n) is 5.74. The smallest absolute Gasteiger partial charge is 0.279 e. The molecule has 6 heteroatoms. The third-order valence-corrected chi connectivity index (χ3v) is 3.69. The SMILES string of the molecule is C[C@@H](Oc1ccccc1F)C(=O)NNC(=O)C[C@H](C)c1ccccc1. The molecule has 2 aromatic rings. The van der Waals surface area contributed by atoms with Gasteiger partial charge in [0.2, 0.25) is 5.91 Å². The first-order chi connectivity index (χ1) is 12.0. The van der Waals surface area contributed by atoms with Gasteiger partial charge in [-0.25, -0.2) is 4.39 Å². The first-order valence-corrected chi connectivity index (χ1v) is 8.02. The van der Waals surface area contributed by atoms with Crippen molar-refractivity contribution in [3.63, 3.8) is 0 Å². The molecule has 0 aromatic heterocycles. The number of ether oxygens (including phenoxy) is 1. The lowest BCUT2D eigenvalue weighted by atomic mass is 9.98. The molecule has 0 fully saturated rings. The van der Waals surface area contributed by atoms with Gasteiger partial charge in [-0.2, -0.15) is 0 Å².